The van der Waals surface area contributed by atoms with Crippen molar-refractivity contribution in [1.29, 1.82) is 0 Å². The van der Waals surface area contributed by atoms with Gasteiger partial charge in [0.25, 0.3) is 0 Å². The molecule has 2 atom stereocenters. The monoisotopic (exact) mass is 395 g/mol. The molecular weight excluding hydrogens is 366 g/mol. The predicted octanol–water partition coefficient (Wildman–Crippen LogP) is 2.98. The maximum absolute atomic E-state index is 13.1. The summed E-state index contributed by atoms with van der Waals surface area (Å²) in [6.07, 6.45) is 1.58. The van der Waals surface area contributed by atoms with Gasteiger partial charge in [-0.3, -0.25) is 4.79 Å². The van der Waals surface area contributed by atoms with E-state index < -0.39 is 0 Å². The SMILES string of the molecule is CCOc1cc2c(cc1OCC)CN(C(=O)C1CC(c3ccccc3)NN1)CC2. The van der Waals surface area contributed by atoms with E-state index >= 15 is 0 Å². The number of hydrogen-bond donors (Lipinski definition) is 2. The van der Waals surface area contributed by atoms with Crippen molar-refractivity contribution in [1.82, 2.24) is 15.8 Å². The number of fused-ring (bicyclic) bond motifs is 1. The number of nitrogens with one attached hydrogen (secondary N) is 2. The first-order chi connectivity index (χ1) is 14.2. The molecule has 6 nitrogen and oxygen atoms in total. The highest BCUT2D eigenvalue weighted by atomic mass is 16.5. The van der Waals surface area contributed by atoms with Crippen LogP contribution in [0.5, 0.6) is 11.5 Å². The average molecular weight is 396 g/mol. The second-order valence-corrected chi connectivity index (χ2v) is 7.48. The van der Waals surface area contributed by atoms with E-state index in [2.05, 4.69) is 29.1 Å². The van der Waals surface area contributed by atoms with Crippen LogP contribution in [-0.4, -0.2) is 36.6 Å². The summed E-state index contributed by atoms with van der Waals surface area (Å²) in [6.45, 7) is 6.45. The van der Waals surface area contributed by atoms with Gasteiger partial charge in [0, 0.05) is 19.1 Å². The number of carbonyl (C=O) groups excluding carboxylic acids is 1. The molecule has 2 aliphatic heterocycles. The van der Waals surface area contributed by atoms with Gasteiger partial charge in [-0.25, -0.2) is 10.9 Å². The van der Waals surface area contributed by atoms with Crippen LogP contribution in [0.3, 0.4) is 0 Å². The van der Waals surface area contributed by atoms with Crippen LogP contribution in [0.1, 0.15) is 43.0 Å². The summed E-state index contributed by atoms with van der Waals surface area (Å²) in [5.41, 5.74) is 10.0. The third-order valence-corrected chi connectivity index (χ3v) is 5.59. The summed E-state index contributed by atoms with van der Waals surface area (Å²) in [5, 5.41) is 0. The van der Waals surface area contributed by atoms with Crippen molar-refractivity contribution in [3.63, 3.8) is 0 Å². The molecular formula is C23H29N3O3. The molecule has 6 heteroatoms. The zero-order chi connectivity index (χ0) is 20.2. The van der Waals surface area contributed by atoms with Gasteiger partial charge in [0.15, 0.2) is 11.5 Å². The Bertz CT molecular complexity index is 856. The molecule has 0 bridgehead atoms. The molecule has 1 saturated heterocycles. The highest BCUT2D eigenvalue weighted by Crippen LogP contribution is 2.34. The Hall–Kier alpha value is -2.57. The molecule has 0 spiro atoms. The van der Waals surface area contributed by atoms with E-state index in [9.17, 15) is 4.79 Å². The minimum Gasteiger partial charge on any atom is -0.490 e. The number of nitrogens with zero attached hydrogens (tertiary/aromatic N) is 1. The van der Waals surface area contributed by atoms with Crippen LogP contribution in [0, 0.1) is 0 Å². The van der Waals surface area contributed by atoms with E-state index in [0.29, 0.717) is 19.8 Å². The average Bonchev–Trinajstić information content (AvgIpc) is 3.24. The van der Waals surface area contributed by atoms with E-state index in [1.165, 1.54) is 11.1 Å². The zero-order valence-corrected chi connectivity index (χ0v) is 17.1. The Kier molecular flexibility index (Phi) is 6.02. The van der Waals surface area contributed by atoms with Crippen molar-refractivity contribution in [3.8, 4) is 11.5 Å². The summed E-state index contributed by atoms with van der Waals surface area (Å²) in [6, 6.07) is 14.3. The van der Waals surface area contributed by atoms with Crippen molar-refractivity contribution < 1.29 is 14.3 Å². The Morgan fingerprint density at radius 2 is 1.72 bits per heavy atom. The van der Waals surface area contributed by atoms with Crippen molar-refractivity contribution >= 4 is 5.91 Å². The van der Waals surface area contributed by atoms with Crippen LogP contribution in [0.15, 0.2) is 42.5 Å². The van der Waals surface area contributed by atoms with E-state index in [-0.39, 0.29) is 18.0 Å². The topological polar surface area (TPSA) is 62.8 Å². The van der Waals surface area contributed by atoms with Gasteiger partial charge in [-0.15, -0.1) is 0 Å². The maximum atomic E-state index is 13.1. The molecule has 0 radical (unpaired) electrons. The number of hydrogen-bond acceptors (Lipinski definition) is 5. The first kappa shape index (κ1) is 19.7. The molecule has 2 heterocycles. The summed E-state index contributed by atoms with van der Waals surface area (Å²) < 4.78 is 11.5. The maximum Gasteiger partial charge on any atom is 0.241 e. The van der Waals surface area contributed by atoms with Gasteiger partial charge in [0.05, 0.1) is 13.2 Å². The lowest BCUT2D eigenvalue weighted by molar-refractivity contribution is -0.134. The van der Waals surface area contributed by atoms with E-state index in [1.807, 2.05) is 43.0 Å². The fourth-order valence-corrected chi connectivity index (χ4v) is 4.13. The fraction of sp³-hybridized carbons (Fsp3) is 0.435. The molecule has 2 unspecified atom stereocenters. The summed E-state index contributed by atoms with van der Waals surface area (Å²) in [7, 11) is 0. The number of amides is 1. The van der Waals surface area contributed by atoms with E-state index in [4.69, 9.17) is 9.47 Å². The second kappa shape index (κ2) is 8.84. The van der Waals surface area contributed by atoms with Crippen LogP contribution in [-0.2, 0) is 17.8 Å². The molecule has 0 aliphatic carbocycles. The minimum absolute atomic E-state index is 0.147. The number of carbonyl (C=O) groups is 1. The Balaban J connectivity index is 1.45. The molecule has 2 aromatic carbocycles. The van der Waals surface area contributed by atoms with Crippen molar-refractivity contribution in [2.24, 2.45) is 0 Å². The molecule has 2 aliphatic rings. The first-order valence-corrected chi connectivity index (χ1v) is 10.5. The molecule has 0 aromatic heterocycles. The highest BCUT2D eigenvalue weighted by Gasteiger charge is 2.34. The molecule has 1 fully saturated rings. The summed E-state index contributed by atoms with van der Waals surface area (Å²) in [4.78, 5) is 15.1. The van der Waals surface area contributed by atoms with Crippen molar-refractivity contribution in [2.75, 3.05) is 19.8 Å². The van der Waals surface area contributed by atoms with Crippen molar-refractivity contribution in [2.45, 2.75) is 45.3 Å². The number of ether oxygens (including phenoxy) is 2. The standard InChI is InChI=1S/C23H29N3O3/c1-3-28-21-12-17-10-11-26(15-18(17)13-22(21)29-4-2)23(27)20-14-19(24-25-20)16-8-6-5-7-9-16/h5-9,12-13,19-20,24-25H,3-4,10-11,14-15H2,1-2H3. The third kappa shape index (κ3) is 4.23. The Morgan fingerprint density at radius 1 is 1.03 bits per heavy atom. The third-order valence-electron chi connectivity index (χ3n) is 5.59. The number of hydrazine groups is 1. The van der Waals surface area contributed by atoms with Crippen LogP contribution in [0.25, 0.3) is 0 Å². The summed E-state index contributed by atoms with van der Waals surface area (Å²) >= 11 is 0. The highest BCUT2D eigenvalue weighted by molar-refractivity contribution is 5.82. The van der Waals surface area contributed by atoms with Gasteiger partial charge >= 0.3 is 0 Å². The number of rotatable bonds is 6. The largest absolute Gasteiger partial charge is 0.490 e. The number of benzene rings is 2. The van der Waals surface area contributed by atoms with E-state index in [0.717, 1.165) is 36.4 Å². The molecule has 29 heavy (non-hydrogen) atoms. The quantitative estimate of drug-likeness (QED) is 0.787. The van der Waals surface area contributed by atoms with Crippen LogP contribution in [0.2, 0.25) is 0 Å². The smallest absolute Gasteiger partial charge is 0.241 e. The Morgan fingerprint density at radius 3 is 2.41 bits per heavy atom. The molecule has 2 aromatic rings. The van der Waals surface area contributed by atoms with Gasteiger partial charge < -0.3 is 14.4 Å². The van der Waals surface area contributed by atoms with E-state index in [1.54, 1.807) is 0 Å². The summed E-state index contributed by atoms with van der Waals surface area (Å²) in [5.74, 6) is 1.70. The molecule has 154 valence electrons. The first-order valence-electron chi connectivity index (χ1n) is 10.5. The predicted molar refractivity (Wildman–Crippen MR) is 112 cm³/mol. The molecule has 4 rings (SSSR count). The lowest BCUT2D eigenvalue weighted by Gasteiger charge is -2.31. The van der Waals surface area contributed by atoms with Gasteiger partial charge in [-0.05, 0) is 55.5 Å². The van der Waals surface area contributed by atoms with Gasteiger partial charge in [0.2, 0.25) is 5.91 Å². The fourth-order valence-electron chi connectivity index (χ4n) is 4.13. The van der Waals surface area contributed by atoms with Crippen LogP contribution in [0.4, 0.5) is 0 Å². The van der Waals surface area contributed by atoms with Crippen LogP contribution < -0.4 is 20.3 Å². The normalized spacial score (nSPS) is 21.0. The lowest BCUT2D eigenvalue weighted by Crippen LogP contribution is -2.47. The minimum atomic E-state index is -0.212. The lowest BCUT2D eigenvalue weighted by atomic mass is 9.97. The Labute approximate surface area is 172 Å². The molecule has 0 saturated carbocycles. The van der Waals surface area contributed by atoms with Gasteiger partial charge in [0.1, 0.15) is 6.04 Å². The van der Waals surface area contributed by atoms with Crippen LogP contribution >= 0.6 is 0 Å². The molecule has 1 amide bonds. The van der Waals surface area contributed by atoms with Gasteiger partial charge in [-0.2, -0.15) is 0 Å². The van der Waals surface area contributed by atoms with Crippen molar-refractivity contribution in [3.05, 3.63) is 59.2 Å². The second-order valence-electron chi connectivity index (χ2n) is 7.48. The zero-order valence-electron chi connectivity index (χ0n) is 17.1. The molecule has 2 N–H and O–H groups in total. The van der Waals surface area contributed by atoms with Gasteiger partial charge in [-0.1, -0.05) is 30.3 Å².